The number of aryl methyl sites for hydroxylation is 1. The van der Waals surface area contributed by atoms with Gasteiger partial charge < -0.3 is 9.73 Å². The van der Waals surface area contributed by atoms with E-state index in [1.807, 2.05) is 30.8 Å². The first-order valence-corrected chi connectivity index (χ1v) is 6.25. The monoisotopic (exact) mass is 236 g/mol. The van der Waals surface area contributed by atoms with Crippen LogP contribution in [-0.4, -0.2) is 4.98 Å². The fourth-order valence-electron chi connectivity index (χ4n) is 1.66. The van der Waals surface area contributed by atoms with Crippen molar-refractivity contribution in [1.82, 2.24) is 10.3 Å². The molecule has 0 fully saturated rings. The van der Waals surface area contributed by atoms with Crippen LogP contribution in [0.3, 0.4) is 0 Å². The van der Waals surface area contributed by atoms with Crippen LogP contribution in [0.2, 0.25) is 0 Å². The molecule has 2 aromatic rings. The van der Waals surface area contributed by atoms with Gasteiger partial charge in [0.25, 0.3) is 0 Å². The number of aromatic nitrogens is 1. The summed E-state index contributed by atoms with van der Waals surface area (Å²) in [4.78, 5) is 5.33. The van der Waals surface area contributed by atoms with Crippen molar-refractivity contribution < 1.29 is 4.42 Å². The Morgan fingerprint density at radius 3 is 2.69 bits per heavy atom. The number of nitrogens with one attached hydrogen (secondary N) is 1. The lowest BCUT2D eigenvalue weighted by atomic mass is 10.2. The summed E-state index contributed by atoms with van der Waals surface area (Å²) in [7, 11) is 0. The third kappa shape index (κ3) is 2.51. The molecule has 2 heterocycles. The quantitative estimate of drug-likeness (QED) is 0.883. The molecule has 0 radical (unpaired) electrons. The molecule has 0 saturated carbocycles. The molecule has 0 amide bonds. The molecule has 86 valence electrons. The molecule has 16 heavy (non-hydrogen) atoms. The molecule has 2 atom stereocenters. The highest BCUT2D eigenvalue weighted by Gasteiger charge is 2.14. The molecule has 0 aliphatic carbocycles. The average molecular weight is 236 g/mol. The van der Waals surface area contributed by atoms with Gasteiger partial charge in [-0.25, -0.2) is 0 Å². The largest absolute Gasteiger partial charge is 0.465 e. The molecule has 4 heteroatoms. The smallest absolute Gasteiger partial charge is 0.120 e. The molecule has 2 unspecified atom stereocenters. The molecule has 2 rings (SSSR count). The first-order chi connectivity index (χ1) is 7.66. The van der Waals surface area contributed by atoms with Crippen molar-refractivity contribution in [3.63, 3.8) is 0 Å². The van der Waals surface area contributed by atoms with E-state index in [9.17, 15) is 0 Å². The highest BCUT2D eigenvalue weighted by molar-refractivity contribution is 7.09. The first-order valence-electron chi connectivity index (χ1n) is 5.37. The highest BCUT2D eigenvalue weighted by atomic mass is 32.1. The predicted octanol–water partition coefficient (Wildman–Crippen LogP) is 3.46. The average Bonchev–Trinajstić information content (AvgIpc) is 2.87. The zero-order chi connectivity index (χ0) is 11.5. The predicted molar refractivity (Wildman–Crippen MR) is 65.5 cm³/mol. The summed E-state index contributed by atoms with van der Waals surface area (Å²) in [6.45, 7) is 6.21. The van der Waals surface area contributed by atoms with Gasteiger partial charge in [-0.15, -0.1) is 11.3 Å². The van der Waals surface area contributed by atoms with E-state index in [2.05, 4.69) is 24.1 Å². The summed E-state index contributed by atoms with van der Waals surface area (Å²) >= 11 is 1.67. The van der Waals surface area contributed by atoms with Crippen LogP contribution in [0.5, 0.6) is 0 Å². The van der Waals surface area contributed by atoms with Crippen molar-refractivity contribution in [2.45, 2.75) is 32.9 Å². The molecule has 0 aliphatic rings. The number of thiazole rings is 1. The Bertz CT molecular complexity index is 436. The van der Waals surface area contributed by atoms with Crippen molar-refractivity contribution in [3.05, 3.63) is 40.2 Å². The molecule has 1 N–H and O–H groups in total. The number of hydrogen-bond acceptors (Lipinski definition) is 4. The molecule has 0 aromatic carbocycles. The van der Waals surface area contributed by atoms with Crippen LogP contribution in [0.15, 0.2) is 28.3 Å². The minimum atomic E-state index is 0.214. The Labute approximate surface area is 99.5 Å². The van der Waals surface area contributed by atoms with Crippen LogP contribution in [0.4, 0.5) is 0 Å². The van der Waals surface area contributed by atoms with E-state index >= 15 is 0 Å². The SMILES string of the molecule is Cc1ccc(C(C)NC(C)c2cncs2)o1. The third-order valence-corrected chi connectivity index (χ3v) is 3.52. The van der Waals surface area contributed by atoms with Crippen LogP contribution >= 0.6 is 11.3 Å². The van der Waals surface area contributed by atoms with Gasteiger partial charge in [0, 0.05) is 17.1 Å². The van der Waals surface area contributed by atoms with Gasteiger partial charge in [0.2, 0.25) is 0 Å². The Morgan fingerprint density at radius 1 is 1.31 bits per heavy atom. The van der Waals surface area contributed by atoms with Crippen LogP contribution in [0.1, 0.15) is 42.3 Å². The fourth-order valence-corrected chi connectivity index (χ4v) is 2.30. The van der Waals surface area contributed by atoms with Gasteiger partial charge >= 0.3 is 0 Å². The van der Waals surface area contributed by atoms with Gasteiger partial charge in [0.05, 0.1) is 11.6 Å². The van der Waals surface area contributed by atoms with E-state index < -0.39 is 0 Å². The minimum absolute atomic E-state index is 0.214. The summed E-state index contributed by atoms with van der Waals surface area (Å²) in [6, 6.07) is 4.52. The number of nitrogens with zero attached hydrogens (tertiary/aromatic N) is 1. The normalized spacial score (nSPS) is 14.9. The molecule has 0 spiro atoms. The zero-order valence-electron chi connectivity index (χ0n) is 9.73. The van der Waals surface area contributed by atoms with Gasteiger partial charge in [-0.05, 0) is 32.9 Å². The zero-order valence-corrected chi connectivity index (χ0v) is 10.5. The van der Waals surface area contributed by atoms with Gasteiger partial charge in [-0.1, -0.05) is 0 Å². The summed E-state index contributed by atoms with van der Waals surface area (Å²) in [5, 5.41) is 3.49. The van der Waals surface area contributed by atoms with Gasteiger partial charge in [0.15, 0.2) is 0 Å². The lowest BCUT2D eigenvalue weighted by molar-refractivity contribution is 0.394. The maximum Gasteiger partial charge on any atom is 0.120 e. The topological polar surface area (TPSA) is 38.1 Å². The number of rotatable bonds is 4. The van der Waals surface area contributed by atoms with E-state index in [0.29, 0.717) is 6.04 Å². The second kappa shape index (κ2) is 4.80. The van der Waals surface area contributed by atoms with E-state index in [1.54, 1.807) is 11.3 Å². The third-order valence-electron chi connectivity index (χ3n) is 2.57. The van der Waals surface area contributed by atoms with E-state index in [-0.39, 0.29) is 6.04 Å². The maximum atomic E-state index is 5.59. The molecule has 0 bridgehead atoms. The standard InChI is InChI=1S/C12H16N2OS/c1-8-4-5-11(15-8)9(2)14-10(3)12-6-13-7-16-12/h4-7,9-10,14H,1-3H3. The van der Waals surface area contributed by atoms with E-state index in [4.69, 9.17) is 4.42 Å². The second-order valence-electron chi connectivity index (χ2n) is 3.96. The molecule has 0 aliphatic heterocycles. The molecular formula is C12H16N2OS. The van der Waals surface area contributed by atoms with Gasteiger partial charge in [0.1, 0.15) is 11.5 Å². The van der Waals surface area contributed by atoms with Crippen molar-refractivity contribution in [1.29, 1.82) is 0 Å². The Morgan fingerprint density at radius 2 is 2.12 bits per heavy atom. The Balaban J connectivity index is 2.00. The van der Waals surface area contributed by atoms with Crippen LogP contribution < -0.4 is 5.32 Å². The molecule has 3 nitrogen and oxygen atoms in total. The first kappa shape index (κ1) is 11.4. The van der Waals surface area contributed by atoms with Gasteiger partial charge in [-0.3, -0.25) is 4.98 Å². The van der Waals surface area contributed by atoms with Crippen LogP contribution in [0, 0.1) is 6.92 Å². The van der Waals surface area contributed by atoms with E-state index in [1.165, 1.54) is 4.88 Å². The second-order valence-corrected chi connectivity index (χ2v) is 4.88. The van der Waals surface area contributed by atoms with Crippen LogP contribution in [0.25, 0.3) is 0 Å². The van der Waals surface area contributed by atoms with Crippen molar-refractivity contribution in [3.8, 4) is 0 Å². The van der Waals surface area contributed by atoms with Crippen molar-refractivity contribution in [2.24, 2.45) is 0 Å². The number of furan rings is 1. The number of hydrogen-bond donors (Lipinski definition) is 1. The summed E-state index contributed by atoms with van der Waals surface area (Å²) < 4.78 is 5.59. The van der Waals surface area contributed by atoms with E-state index in [0.717, 1.165) is 11.5 Å². The lowest BCUT2D eigenvalue weighted by Gasteiger charge is -2.16. The summed E-state index contributed by atoms with van der Waals surface area (Å²) in [5.74, 6) is 1.93. The van der Waals surface area contributed by atoms with Gasteiger partial charge in [-0.2, -0.15) is 0 Å². The maximum absolute atomic E-state index is 5.59. The summed E-state index contributed by atoms with van der Waals surface area (Å²) in [5.41, 5.74) is 1.86. The van der Waals surface area contributed by atoms with Crippen molar-refractivity contribution >= 4 is 11.3 Å². The van der Waals surface area contributed by atoms with Crippen LogP contribution in [-0.2, 0) is 0 Å². The van der Waals surface area contributed by atoms with Crippen molar-refractivity contribution in [2.75, 3.05) is 0 Å². The Kier molecular flexibility index (Phi) is 3.41. The lowest BCUT2D eigenvalue weighted by Crippen LogP contribution is -2.21. The fraction of sp³-hybridized carbons (Fsp3) is 0.417. The molecule has 0 saturated heterocycles. The highest BCUT2D eigenvalue weighted by Crippen LogP contribution is 2.22. The molecular weight excluding hydrogens is 220 g/mol. The summed E-state index contributed by atoms with van der Waals surface area (Å²) in [6.07, 6.45) is 1.91. The molecule has 2 aromatic heterocycles. The Hall–Kier alpha value is -1.13. The minimum Gasteiger partial charge on any atom is -0.465 e.